The molecule has 2 rings (SSSR count). The fourth-order valence-electron chi connectivity index (χ4n) is 2.51. The molecule has 0 aliphatic carbocycles. The Hall–Kier alpha value is -1.59. The number of benzene rings is 1. The molecule has 5 nitrogen and oxygen atoms in total. The van der Waals surface area contributed by atoms with Gasteiger partial charge in [-0.1, -0.05) is 35.5 Å². The van der Waals surface area contributed by atoms with E-state index >= 15 is 0 Å². The minimum Gasteiger partial charge on any atom is -0.409 e. The van der Waals surface area contributed by atoms with Crippen LogP contribution in [0.3, 0.4) is 0 Å². The topological polar surface area (TPSA) is 79.9 Å². The van der Waals surface area contributed by atoms with E-state index in [9.17, 15) is 0 Å². The molecule has 110 valence electrons. The SMILES string of the molecule is N/C(=N/O)C(CNCCC1CCOC1)c1ccccc1. The first-order chi connectivity index (χ1) is 9.81. The maximum Gasteiger partial charge on any atom is 0.147 e. The van der Waals surface area contributed by atoms with Gasteiger partial charge in [0.15, 0.2) is 0 Å². The van der Waals surface area contributed by atoms with Gasteiger partial charge in [0.1, 0.15) is 5.84 Å². The summed E-state index contributed by atoms with van der Waals surface area (Å²) in [5.74, 6) is 0.815. The molecule has 0 bridgehead atoms. The number of nitrogens with one attached hydrogen (secondary N) is 1. The van der Waals surface area contributed by atoms with E-state index in [1.807, 2.05) is 30.3 Å². The largest absolute Gasteiger partial charge is 0.409 e. The van der Waals surface area contributed by atoms with Crippen LogP contribution in [-0.2, 0) is 4.74 Å². The number of nitrogens with zero attached hydrogens (tertiary/aromatic N) is 1. The monoisotopic (exact) mass is 277 g/mol. The van der Waals surface area contributed by atoms with Crippen LogP contribution in [0.15, 0.2) is 35.5 Å². The Morgan fingerprint density at radius 1 is 1.45 bits per heavy atom. The predicted octanol–water partition coefficient (Wildman–Crippen LogP) is 1.53. The predicted molar refractivity (Wildman–Crippen MR) is 79.0 cm³/mol. The van der Waals surface area contributed by atoms with Crippen molar-refractivity contribution in [2.45, 2.75) is 18.8 Å². The van der Waals surface area contributed by atoms with Crippen LogP contribution in [-0.4, -0.2) is 37.3 Å². The fraction of sp³-hybridized carbons (Fsp3) is 0.533. The molecule has 1 saturated heterocycles. The van der Waals surface area contributed by atoms with Crippen LogP contribution >= 0.6 is 0 Å². The summed E-state index contributed by atoms with van der Waals surface area (Å²) in [6, 6.07) is 9.87. The van der Waals surface area contributed by atoms with E-state index in [0.717, 1.165) is 38.2 Å². The molecule has 1 aromatic rings. The van der Waals surface area contributed by atoms with Crippen LogP contribution in [0.1, 0.15) is 24.3 Å². The van der Waals surface area contributed by atoms with Crippen molar-refractivity contribution in [3.63, 3.8) is 0 Å². The Kier molecular flexibility index (Phi) is 5.83. The molecule has 5 heteroatoms. The molecule has 0 radical (unpaired) electrons. The van der Waals surface area contributed by atoms with E-state index in [2.05, 4.69) is 10.5 Å². The molecule has 2 atom stereocenters. The summed E-state index contributed by atoms with van der Waals surface area (Å²) < 4.78 is 5.36. The molecule has 0 saturated carbocycles. The molecule has 4 N–H and O–H groups in total. The Balaban J connectivity index is 1.82. The number of nitrogens with two attached hydrogens (primary N) is 1. The van der Waals surface area contributed by atoms with Gasteiger partial charge in [-0.25, -0.2) is 0 Å². The fourth-order valence-corrected chi connectivity index (χ4v) is 2.51. The zero-order valence-corrected chi connectivity index (χ0v) is 11.7. The molecule has 2 unspecified atom stereocenters. The average Bonchev–Trinajstić information content (AvgIpc) is 3.01. The molecule has 0 aromatic heterocycles. The standard InChI is InChI=1S/C15H23N3O2/c16-15(18-19)14(13-4-2-1-3-5-13)10-17-8-6-12-7-9-20-11-12/h1-5,12,14,17,19H,6-11H2,(H2,16,18). The van der Waals surface area contributed by atoms with Gasteiger partial charge < -0.3 is 21.0 Å². The van der Waals surface area contributed by atoms with Gasteiger partial charge in [-0.2, -0.15) is 0 Å². The van der Waals surface area contributed by atoms with Crippen molar-refractivity contribution in [1.29, 1.82) is 0 Å². The van der Waals surface area contributed by atoms with Crippen LogP contribution in [0.5, 0.6) is 0 Å². The molecule has 1 aliphatic rings. The second-order valence-electron chi connectivity index (χ2n) is 5.21. The molecule has 1 aromatic carbocycles. The molecule has 20 heavy (non-hydrogen) atoms. The van der Waals surface area contributed by atoms with Crippen molar-refractivity contribution < 1.29 is 9.94 Å². The third-order valence-electron chi connectivity index (χ3n) is 3.78. The van der Waals surface area contributed by atoms with Gasteiger partial charge >= 0.3 is 0 Å². The van der Waals surface area contributed by atoms with Crippen LogP contribution in [0.2, 0.25) is 0 Å². The molecule has 0 spiro atoms. The van der Waals surface area contributed by atoms with Gasteiger partial charge in [0, 0.05) is 19.8 Å². The Morgan fingerprint density at radius 3 is 2.90 bits per heavy atom. The number of hydrogen-bond donors (Lipinski definition) is 3. The van der Waals surface area contributed by atoms with Gasteiger partial charge in [-0.05, 0) is 30.9 Å². The van der Waals surface area contributed by atoms with Crippen molar-refractivity contribution in [2.24, 2.45) is 16.8 Å². The Morgan fingerprint density at radius 2 is 2.25 bits per heavy atom. The summed E-state index contributed by atoms with van der Waals surface area (Å²) in [5, 5.41) is 15.5. The number of amidine groups is 1. The van der Waals surface area contributed by atoms with Gasteiger partial charge in [0.2, 0.25) is 0 Å². The second kappa shape index (κ2) is 7.87. The normalized spacial score (nSPS) is 21.0. The summed E-state index contributed by atoms with van der Waals surface area (Å²) in [6.45, 7) is 3.37. The average molecular weight is 277 g/mol. The lowest BCUT2D eigenvalue weighted by Gasteiger charge is -2.17. The zero-order valence-electron chi connectivity index (χ0n) is 11.7. The van der Waals surface area contributed by atoms with Crippen LogP contribution in [0, 0.1) is 5.92 Å². The molecule has 0 amide bonds. The number of rotatable bonds is 7. The van der Waals surface area contributed by atoms with E-state index in [1.54, 1.807) is 0 Å². The van der Waals surface area contributed by atoms with E-state index in [0.29, 0.717) is 12.5 Å². The minimum absolute atomic E-state index is 0.0963. The highest BCUT2D eigenvalue weighted by atomic mass is 16.5. The summed E-state index contributed by atoms with van der Waals surface area (Å²) in [5.41, 5.74) is 6.85. The summed E-state index contributed by atoms with van der Waals surface area (Å²) in [6.07, 6.45) is 2.27. The highest BCUT2D eigenvalue weighted by Crippen LogP contribution is 2.17. The van der Waals surface area contributed by atoms with Crippen molar-refractivity contribution in [3.8, 4) is 0 Å². The first-order valence-corrected chi connectivity index (χ1v) is 7.12. The maximum absolute atomic E-state index is 8.91. The van der Waals surface area contributed by atoms with Crippen LogP contribution in [0.25, 0.3) is 0 Å². The third kappa shape index (κ3) is 4.21. The van der Waals surface area contributed by atoms with Crippen molar-refractivity contribution in [1.82, 2.24) is 5.32 Å². The Labute approximate surface area is 119 Å². The highest BCUT2D eigenvalue weighted by molar-refractivity contribution is 5.87. The van der Waals surface area contributed by atoms with Gasteiger partial charge in [-0.15, -0.1) is 0 Å². The number of ether oxygens (including phenoxy) is 1. The van der Waals surface area contributed by atoms with Crippen molar-refractivity contribution in [3.05, 3.63) is 35.9 Å². The first kappa shape index (κ1) is 14.8. The van der Waals surface area contributed by atoms with Gasteiger partial charge in [0.25, 0.3) is 0 Å². The molecule has 1 fully saturated rings. The third-order valence-corrected chi connectivity index (χ3v) is 3.78. The van der Waals surface area contributed by atoms with Crippen LogP contribution in [0.4, 0.5) is 0 Å². The number of oxime groups is 1. The zero-order chi connectivity index (χ0) is 14.2. The quantitative estimate of drug-likeness (QED) is 0.232. The van der Waals surface area contributed by atoms with Crippen molar-refractivity contribution >= 4 is 5.84 Å². The van der Waals surface area contributed by atoms with E-state index < -0.39 is 0 Å². The summed E-state index contributed by atoms with van der Waals surface area (Å²) in [4.78, 5) is 0. The number of hydrogen-bond acceptors (Lipinski definition) is 4. The van der Waals surface area contributed by atoms with E-state index in [1.165, 1.54) is 0 Å². The maximum atomic E-state index is 8.91. The van der Waals surface area contributed by atoms with E-state index in [4.69, 9.17) is 15.7 Å². The summed E-state index contributed by atoms with van der Waals surface area (Å²) in [7, 11) is 0. The lowest BCUT2D eigenvalue weighted by Crippen LogP contribution is -2.32. The Bertz CT molecular complexity index is 416. The van der Waals surface area contributed by atoms with E-state index in [-0.39, 0.29) is 11.8 Å². The molecular weight excluding hydrogens is 254 g/mol. The first-order valence-electron chi connectivity index (χ1n) is 7.12. The highest BCUT2D eigenvalue weighted by Gasteiger charge is 2.17. The van der Waals surface area contributed by atoms with Gasteiger partial charge in [0.05, 0.1) is 5.92 Å². The molecule has 1 heterocycles. The smallest absolute Gasteiger partial charge is 0.147 e. The van der Waals surface area contributed by atoms with Gasteiger partial charge in [-0.3, -0.25) is 0 Å². The minimum atomic E-state index is -0.0963. The van der Waals surface area contributed by atoms with Crippen molar-refractivity contribution in [2.75, 3.05) is 26.3 Å². The van der Waals surface area contributed by atoms with Crippen LogP contribution < -0.4 is 11.1 Å². The lowest BCUT2D eigenvalue weighted by atomic mass is 9.97. The molecule has 1 aliphatic heterocycles. The second-order valence-corrected chi connectivity index (χ2v) is 5.21. The summed E-state index contributed by atoms with van der Waals surface area (Å²) >= 11 is 0. The molecular formula is C15H23N3O2. The lowest BCUT2D eigenvalue weighted by molar-refractivity contribution is 0.184.